The SMILES string of the molecule is C=CC(=C=O)C=CCC(C)C. The Kier molecular flexibility index (Phi) is 5.14. The quantitative estimate of drug-likeness (QED) is 0.444. The van der Waals surface area contributed by atoms with Gasteiger partial charge in [0.05, 0.1) is 5.57 Å². The third-order valence-electron chi connectivity index (χ3n) is 1.24. The molecule has 0 saturated heterocycles. The third kappa shape index (κ3) is 5.38. The van der Waals surface area contributed by atoms with Crippen LogP contribution in [0.25, 0.3) is 0 Å². The van der Waals surface area contributed by atoms with Crippen LogP contribution >= 0.6 is 0 Å². The van der Waals surface area contributed by atoms with E-state index in [1.807, 2.05) is 6.08 Å². The van der Waals surface area contributed by atoms with Gasteiger partial charge in [0.1, 0.15) is 5.94 Å². The zero-order chi connectivity index (χ0) is 8.69. The van der Waals surface area contributed by atoms with Crippen LogP contribution < -0.4 is 0 Å². The van der Waals surface area contributed by atoms with Crippen LogP contribution in [0, 0.1) is 5.92 Å². The molecule has 0 spiro atoms. The van der Waals surface area contributed by atoms with Crippen molar-refractivity contribution in [2.45, 2.75) is 20.3 Å². The van der Waals surface area contributed by atoms with Gasteiger partial charge in [-0.25, -0.2) is 4.79 Å². The Morgan fingerprint density at radius 2 is 2.27 bits per heavy atom. The maximum absolute atomic E-state index is 10.1. The zero-order valence-electron chi connectivity index (χ0n) is 7.13. The van der Waals surface area contributed by atoms with Crippen LogP contribution in [0.2, 0.25) is 0 Å². The Bertz CT molecular complexity index is 193. The number of hydrogen-bond acceptors (Lipinski definition) is 1. The first-order valence-electron chi connectivity index (χ1n) is 3.74. The summed E-state index contributed by atoms with van der Waals surface area (Å²) in [5.41, 5.74) is 0.519. The van der Waals surface area contributed by atoms with E-state index in [0.29, 0.717) is 11.5 Å². The molecule has 1 nitrogen and oxygen atoms in total. The van der Waals surface area contributed by atoms with E-state index in [1.165, 1.54) is 6.08 Å². The van der Waals surface area contributed by atoms with E-state index in [1.54, 1.807) is 12.0 Å². The van der Waals surface area contributed by atoms with Crippen molar-refractivity contribution in [2.24, 2.45) is 5.92 Å². The molecular weight excluding hydrogens is 136 g/mol. The molecule has 0 radical (unpaired) electrons. The Hall–Kier alpha value is -1.07. The van der Waals surface area contributed by atoms with Crippen molar-refractivity contribution in [3.05, 3.63) is 30.4 Å². The third-order valence-corrected chi connectivity index (χ3v) is 1.24. The maximum Gasteiger partial charge on any atom is 0.132 e. The molecule has 1 heteroatoms. The fourth-order valence-corrected chi connectivity index (χ4v) is 0.611. The molecule has 0 fully saturated rings. The van der Waals surface area contributed by atoms with Crippen LogP contribution in [0.15, 0.2) is 30.4 Å². The fraction of sp³-hybridized carbons (Fsp3) is 0.400. The molecule has 0 aliphatic heterocycles. The van der Waals surface area contributed by atoms with Crippen LogP contribution in [-0.4, -0.2) is 5.94 Å². The van der Waals surface area contributed by atoms with Gasteiger partial charge < -0.3 is 0 Å². The van der Waals surface area contributed by atoms with Crippen molar-refractivity contribution in [1.29, 1.82) is 0 Å². The number of rotatable bonds is 4. The highest BCUT2D eigenvalue weighted by Crippen LogP contribution is 2.01. The average Bonchev–Trinajstić information content (AvgIpc) is 1.98. The van der Waals surface area contributed by atoms with Gasteiger partial charge in [-0.15, -0.1) is 0 Å². The lowest BCUT2D eigenvalue weighted by Gasteiger charge is -1.95. The Labute approximate surface area is 68.1 Å². The summed E-state index contributed by atoms with van der Waals surface area (Å²) < 4.78 is 0. The second kappa shape index (κ2) is 5.70. The minimum atomic E-state index is 0.519. The monoisotopic (exact) mass is 150 g/mol. The zero-order valence-corrected chi connectivity index (χ0v) is 7.13. The Morgan fingerprint density at radius 1 is 1.64 bits per heavy atom. The van der Waals surface area contributed by atoms with Crippen LogP contribution in [-0.2, 0) is 4.79 Å². The highest BCUT2D eigenvalue weighted by molar-refractivity contribution is 5.61. The molecule has 0 N–H and O–H groups in total. The van der Waals surface area contributed by atoms with Gasteiger partial charge in [0.15, 0.2) is 0 Å². The second-order valence-corrected chi connectivity index (χ2v) is 2.79. The molecule has 0 aliphatic rings. The smallest absolute Gasteiger partial charge is 0.132 e. The highest BCUT2D eigenvalue weighted by Gasteiger charge is 1.88. The first-order chi connectivity index (χ1) is 5.20. The van der Waals surface area contributed by atoms with Crippen LogP contribution in [0.3, 0.4) is 0 Å². The van der Waals surface area contributed by atoms with Gasteiger partial charge in [0.2, 0.25) is 0 Å². The van der Waals surface area contributed by atoms with E-state index >= 15 is 0 Å². The molecule has 0 aliphatic carbocycles. The van der Waals surface area contributed by atoms with Crippen molar-refractivity contribution in [3.8, 4) is 0 Å². The molecule has 60 valence electrons. The van der Waals surface area contributed by atoms with Gasteiger partial charge in [-0.05, 0) is 18.4 Å². The van der Waals surface area contributed by atoms with Gasteiger partial charge >= 0.3 is 0 Å². The average molecular weight is 150 g/mol. The number of allylic oxidation sites excluding steroid dienone is 4. The lowest BCUT2D eigenvalue weighted by atomic mass is 10.1. The second-order valence-electron chi connectivity index (χ2n) is 2.79. The largest absolute Gasteiger partial charge is 0.233 e. The van der Waals surface area contributed by atoms with Crippen molar-refractivity contribution >= 4 is 5.94 Å². The summed E-state index contributed by atoms with van der Waals surface area (Å²) in [6, 6.07) is 0. The lowest BCUT2D eigenvalue weighted by molar-refractivity contribution is 0.568. The Balaban J connectivity index is 3.91. The number of carbonyl (C=O) groups excluding carboxylic acids is 1. The van der Waals surface area contributed by atoms with E-state index < -0.39 is 0 Å². The lowest BCUT2D eigenvalue weighted by Crippen LogP contribution is -1.81. The molecule has 0 aromatic rings. The van der Waals surface area contributed by atoms with Crippen molar-refractivity contribution < 1.29 is 4.79 Å². The van der Waals surface area contributed by atoms with Crippen LogP contribution in [0.1, 0.15) is 20.3 Å². The van der Waals surface area contributed by atoms with Gasteiger partial charge in [-0.1, -0.05) is 32.6 Å². The summed E-state index contributed by atoms with van der Waals surface area (Å²) in [6.07, 6.45) is 6.20. The summed E-state index contributed by atoms with van der Waals surface area (Å²) in [4.78, 5) is 10.1. The summed E-state index contributed by atoms with van der Waals surface area (Å²) in [5, 5.41) is 0. The van der Waals surface area contributed by atoms with E-state index in [-0.39, 0.29) is 0 Å². The normalized spacial score (nSPS) is 10.1. The van der Waals surface area contributed by atoms with Crippen molar-refractivity contribution in [2.75, 3.05) is 0 Å². The van der Waals surface area contributed by atoms with Crippen molar-refractivity contribution in [1.82, 2.24) is 0 Å². The van der Waals surface area contributed by atoms with E-state index in [2.05, 4.69) is 20.4 Å². The Morgan fingerprint density at radius 3 is 2.64 bits per heavy atom. The summed E-state index contributed by atoms with van der Waals surface area (Å²) in [6.45, 7) is 7.73. The molecule has 0 saturated carbocycles. The maximum atomic E-state index is 10.1. The predicted molar refractivity (Wildman–Crippen MR) is 48.0 cm³/mol. The molecule has 0 aromatic carbocycles. The minimum absolute atomic E-state index is 0.519. The van der Waals surface area contributed by atoms with Gasteiger partial charge in [-0.2, -0.15) is 0 Å². The summed E-state index contributed by atoms with van der Waals surface area (Å²) >= 11 is 0. The molecule has 0 unspecified atom stereocenters. The van der Waals surface area contributed by atoms with Gasteiger partial charge in [-0.3, -0.25) is 0 Å². The summed E-state index contributed by atoms with van der Waals surface area (Å²) in [7, 11) is 0. The predicted octanol–water partition coefficient (Wildman–Crippen LogP) is 2.53. The van der Waals surface area contributed by atoms with Crippen LogP contribution in [0.5, 0.6) is 0 Å². The number of hydrogen-bond donors (Lipinski definition) is 0. The molecular formula is C10H14O. The van der Waals surface area contributed by atoms with Gasteiger partial charge in [0, 0.05) is 0 Å². The topological polar surface area (TPSA) is 17.1 Å². The van der Waals surface area contributed by atoms with E-state index in [0.717, 1.165) is 6.42 Å². The molecule has 0 atom stereocenters. The van der Waals surface area contributed by atoms with E-state index in [4.69, 9.17) is 0 Å². The minimum Gasteiger partial charge on any atom is -0.233 e. The fourth-order valence-electron chi connectivity index (χ4n) is 0.611. The summed E-state index contributed by atoms with van der Waals surface area (Å²) in [5.74, 6) is 2.42. The van der Waals surface area contributed by atoms with E-state index in [9.17, 15) is 4.79 Å². The molecule has 0 bridgehead atoms. The molecule has 0 rings (SSSR count). The highest BCUT2D eigenvalue weighted by atomic mass is 16.1. The molecule has 0 amide bonds. The van der Waals surface area contributed by atoms with Gasteiger partial charge in [0.25, 0.3) is 0 Å². The first-order valence-corrected chi connectivity index (χ1v) is 3.74. The molecule has 11 heavy (non-hydrogen) atoms. The molecule has 0 aromatic heterocycles. The standard InChI is InChI=1S/C10H14O/c1-4-10(8-11)7-5-6-9(2)3/h4-5,7,9H,1,6H2,2-3H3. The first kappa shape index (κ1) is 9.93. The van der Waals surface area contributed by atoms with Crippen molar-refractivity contribution in [3.63, 3.8) is 0 Å². The molecule has 0 heterocycles. The van der Waals surface area contributed by atoms with Crippen LogP contribution in [0.4, 0.5) is 0 Å².